The van der Waals surface area contributed by atoms with Gasteiger partial charge in [-0.25, -0.2) is 4.79 Å². The molecular weight excluding hydrogens is 338 g/mol. The summed E-state index contributed by atoms with van der Waals surface area (Å²) >= 11 is 0. The average molecular weight is 351 g/mol. The molecule has 0 aliphatic rings. The van der Waals surface area contributed by atoms with Crippen molar-refractivity contribution in [1.82, 2.24) is 4.57 Å². The van der Waals surface area contributed by atoms with Gasteiger partial charge in [-0.1, -0.05) is 12.1 Å². The molecule has 0 saturated carbocycles. The molecule has 0 amide bonds. The van der Waals surface area contributed by atoms with Crippen molar-refractivity contribution < 1.29 is 18.9 Å². The van der Waals surface area contributed by atoms with Gasteiger partial charge in [-0.15, -0.1) is 0 Å². The molecule has 0 N–H and O–H groups in total. The van der Waals surface area contributed by atoms with Crippen LogP contribution < -0.4 is 0 Å². The van der Waals surface area contributed by atoms with Crippen LogP contribution in [0.3, 0.4) is 0 Å². The lowest BCUT2D eigenvalue weighted by molar-refractivity contribution is -0.385. The molecule has 8 nitrogen and oxygen atoms in total. The summed E-state index contributed by atoms with van der Waals surface area (Å²) < 4.78 is 12.3. The molecule has 1 aromatic carbocycles. The second-order valence-electron chi connectivity index (χ2n) is 5.38. The largest absolute Gasteiger partial charge is 0.457 e. The highest BCUT2D eigenvalue weighted by atomic mass is 16.6. The minimum absolute atomic E-state index is 0.00906. The predicted octanol–water partition coefficient (Wildman–Crippen LogP) is 3.52. The van der Waals surface area contributed by atoms with Crippen LogP contribution in [0.1, 0.15) is 27.2 Å². The van der Waals surface area contributed by atoms with Crippen molar-refractivity contribution in [2.24, 2.45) is 0 Å². The number of hydrogen-bond donors (Lipinski definition) is 0. The number of nitrogens with zero attached hydrogens (tertiary/aromatic N) is 3. The normalized spacial score (nSPS) is 10.3. The number of para-hydroxylation sites is 1. The average Bonchev–Trinajstić information content (AvgIpc) is 3.27. The Labute approximate surface area is 148 Å². The molecule has 2 aromatic heterocycles. The monoisotopic (exact) mass is 351 g/mol. The summed E-state index contributed by atoms with van der Waals surface area (Å²) in [4.78, 5) is 23.0. The molecule has 0 radical (unpaired) electrons. The van der Waals surface area contributed by atoms with Gasteiger partial charge in [-0.2, -0.15) is 5.26 Å². The van der Waals surface area contributed by atoms with Crippen LogP contribution in [-0.2, 0) is 11.3 Å². The van der Waals surface area contributed by atoms with E-state index in [0.717, 1.165) is 0 Å². The summed E-state index contributed by atoms with van der Waals surface area (Å²) in [5.41, 5.74) is 0.176. The number of carbonyl (C=O) groups is 1. The van der Waals surface area contributed by atoms with E-state index in [1.165, 1.54) is 18.2 Å². The zero-order valence-corrected chi connectivity index (χ0v) is 13.7. The van der Waals surface area contributed by atoms with Crippen LogP contribution in [0.25, 0.3) is 5.88 Å². The number of furan rings is 1. The summed E-state index contributed by atoms with van der Waals surface area (Å²) in [6.45, 7) is 1.26. The van der Waals surface area contributed by atoms with Crippen LogP contribution in [0, 0.1) is 28.4 Å². The summed E-state index contributed by atoms with van der Waals surface area (Å²) in [5, 5.41) is 20.5. The van der Waals surface area contributed by atoms with E-state index < -0.39 is 10.9 Å². The van der Waals surface area contributed by atoms with Gasteiger partial charge in [0.1, 0.15) is 29.6 Å². The van der Waals surface area contributed by atoms with Crippen LogP contribution in [0.2, 0.25) is 0 Å². The van der Waals surface area contributed by atoms with E-state index in [2.05, 4.69) is 0 Å². The number of rotatable bonds is 5. The molecular formula is C18H13N3O5. The van der Waals surface area contributed by atoms with Crippen LogP contribution >= 0.6 is 0 Å². The molecule has 8 heteroatoms. The number of benzene rings is 1. The molecule has 0 aliphatic carbocycles. The first-order valence-corrected chi connectivity index (χ1v) is 7.59. The number of aryl methyl sites for hydroxylation is 1. The molecule has 0 spiro atoms. The topological polar surface area (TPSA) is 111 Å². The number of aromatic nitrogens is 1. The van der Waals surface area contributed by atoms with Gasteiger partial charge in [0.05, 0.1) is 10.5 Å². The van der Waals surface area contributed by atoms with Gasteiger partial charge in [0.15, 0.2) is 0 Å². The number of nitro groups is 1. The summed E-state index contributed by atoms with van der Waals surface area (Å²) in [6, 6.07) is 11.4. The fourth-order valence-corrected chi connectivity index (χ4v) is 2.56. The van der Waals surface area contributed by atoms with Gasteiger partial charge in [0, 0.05) is 18.5 Å². The highest BCUT2D eigenvalue weighted by molar-refractivity contribution is 5.94. The van der Waals surface area contributed by atoms with Gasteiger partial charge < -0.3 is 9.15 Å². The highest BCUT2D eigenvalue weighted by Gasteiger charge is 2.26. The minimum Gasteiger partial charge on any atom is -0.457 e. The van der Waals surface area contributed by atoms with Crippen molar-refractivity contribution in [3.63, 3.8) is 0 Å². The standard InChI is InChI=1S/C18H13N3O5/c1-12-16(14(10-19)17(26-12)20-8-4-5-9-20)18(22)25-11-13-6-2-3-7-15(13)21(23)24/h2-9H,11H2,1H3. The number of ether oxygens (including phenoxy) is 1. The number of hydrogen-bond acceptors (Lipinski definition) is 6. The molecule has 0 saturated heterocycles. The molecule has 0 atom stereocenters. The fraction of sp³-hybridized carbons (Fsp3) is 0.111. The smallest absolute Gasteiger partial charge is 0.343 e. The van der Waals surface area contributed by atoms with Crippen molar-refractivity contribution in [3.8, 4) is 12.0 Å². The summed E-state index contributed by atoms with van der Waals surface area (Å²) in [5.74, 6) is -0.329. The van der Waals surface area contributed by atoms with Gasteiger partial charge in [0.25, 0.3) is 5.69 Å². The van der Waals surface area contributed by atoms with Crippen molar-refractivity contribution in [2.45, 2.75) is 13.5 Å². The third-order valence-electron chi connectivity index (χ3n) is 3.77. The Kier molecular flexibility index (Phi) is 4.53. The Morgan fingerprint density at radius 3 is 2.65 bits per heavy atom. The lowest BCUT2D eigenvalue weighted by Gasteiger charge is -2.05. The molecule has 130 valence electrons. The van der Waals surface area contributed by atoms with E-state index in [1.807, 2.05) is 6.07 Å². The van der Waals surface area contributed by atoms with Gasteiger partial charge in [-0.3, -0.25) is 14.7 Å². The summed E-state index contributed by atoms with van der Waals surface area (Å²) in [7, 11) is 0. The molecule has 0 fully saturated rings. The van der Waals surface area contributed by atoms with E-state index >= 15 is 0 Å². The predicted molar refractivity (Wildman–Crippen MR) is 89.7 cm³/mol. The molecule has 3 rings (SSSR count). The van der Waals surface area contributed by atoms with Crippen LogP contribution in [-0.4, -0.2) is 15.5 Å². The molecule has 3 aromatic rings. The van der Waals surface area contributed by atoms with E-state index in [9.17, 15) is 20.2 Å². The second-order valence-corrected chi connectivity index (χ2v) is 5.38. The molecule has 0 bridgehead atoms. The highest BCUT2D eigenvalue weighted by Crippen LogP contribution is 2.27. The van der Waals surface area contributed by atoms with Crippen LogP contribution in [0.5, 0.6) is 0 Å². The zero-order chi connectivity index (χ0) is 18.7. The Morgan fingerprint density at radius 2 is 2.00 bits per heavy atom. The molecule has 0 unspecified atom stereocenters. The van der Waals surface area contributed by atoms with E-state index in [0.29, 0.717) is 0 Å². The number of nitriles is 1. The SMILES string of the molecule is Cc1oc(-n2cccc2)c(C#N)c1C(=O)OCc1ccccc1[N+](=O)[O-]. The number of esters is 1. The van der Waals surface area contributed by atoms with Gasteiger partial charge in [-0.05, 0) is 25.1 Å². The van der Waals surface area contributed by atoms with Crippen molar-refractivity contribution in [1.29, 1.82) is 5.26 Å². The van der Waals surface area contributed by atoms with E-state index in [-0.39, 0.29) is 40.6 Å². The number of nitro benzene ring substituents is 1. The Balaban J connectivity index is 1.88. The van der Waals surface area contributed by atoms with Crippen molar-refractivity contribution in [2.75, 3.05) is 0 Å². The van der Waals surface area contributed by atoms with E-state index in [4.69, 9.17) is 9.15 Å². The quantitative estimate of drug-likeness (QED) is 0.395. The number of carbonyl (C=O) groups excluding carboxylic acids is 1. The van der Waals surface area contributed by atoms with Crippen molar-refractivity contribution in [3.05, 3.63) is 81.4 Å². The fourth-order valence-electron chi connectivity index (χ4n) is 2.56. The van der Waals surface area contributed by atoms with Gasteiger partial charge in [0.2, 0.25) is 5.88 Å². The van der Waals surface area contributed by atoms with Crippen LogP contribution in [0.4, 0.5) is 5.69 Å². The first kappa shape index (κ1) is 17.0. The molecule has 0 aliphatic heterocycles. The Bertz CT molecular complexity index is 1010. The Hall–Kier alpha value is -3.86. The third-order valence-corrected chi connectivity index (χ3v) is 3.77. The second kappa shape index (κ2) is 6.94. The zero-order valence-electron chi connectivity index (χ0n) is 13.7. The maximum Gasteiger partial charge on any atom is 0.343 e. The lowest BCUT2D eigenvalue weighted by Crippen LogP contribution is -2.09. The maximum atomic E-state index is 12.5. The third kappa shape index (κ3) is 3.06. The van der Waals surface area contributed by atoms with Crippen molar-refractivity contribution >= 4 is 11.7 Å². The first-order chi connectivity index (χ1) is 12.5. The maximum absolute atomic E-state index is 12.5. The summed E-state index contributed by atoms with van der Waals surface area (Å²) in [6.07, 6.45) is 3.36. The minimum atomic E-state index is -0.778. The van der Waals surface area contributed by atoms with Crippen LogP contribution in [0.15, 0.2) is 53.2 Å². The van der Waals surface area contributed by atoms with E-state index in [1.54, 1.807) is 42.1 Å². The Morgan fingerprint density at radius 1 is 1.31 bits per heavy atom. The molecule has 2 heterocycles. The first-order valence-electron chi connectivity index (χ1n) is 7.59. The van der Waals surface area contributed by atoms with Gasteiger partial charge >= 0.3 is 5.97 Å². The lowest BCUT2D eigenvalue weighted by atomic mass is 10.1. The molecule has 26 heavy (non-hydrogen) atoms.